The molecule has 78 valence electrons. The van der Waals surface area contributed by atoms with Crippen molar-refractivity contribution in [3.8, 4) is 11.5 Å². The second-order valence-corrected chi connectivity index (χ2v) is 3.52. The molecule has 0 amide bonds. The van der Waals surface area contributed by atoms with Gasteiger partial charge in [-0.3, -0.25) is 0 Å². The molecule has 0 atom stereocenters. The SMILES string of the molecule is Oc1cnc(I)c(OC(F)(F)F)c1Cl. The number of pyridine rings is 1. The largest absolute Gasteiger partial charge is 0.573 e. The summed E-state index contributed by atoms with van der Waals surface area (Å²) in [5.74, 6) is -1.26. The van der Waals surface area contributed by atoms with Crippen molar-refractivity contribution in [1.82, 2.24) is 4.98 Å². The number of halogens is 5. The number of alkyl halides is 3. The molecule has 0 saturated carbocycles. The third-order valence-corrected chi connectivity index (χ3v) is 2.26. The van der Waals surface area contributed by atoms with Crippen LogP contribution in [-0.4, -0.2) is 16.5 Å². The summed E-state index contributed by atoms with van der Waals surface area (Å²) in [5, 5.41) is 8.46. The van der Waals surface area contributed by atoms with Gasteiger partial charge in [0.15, 0.2) is 11.5 Å². The quantitative estimate of drug-likeness (QED) is 0.632. The lowest BCUT2D eigenvalue weighted by Crippen LogP contribution is -2.18. The fraction of sp³-hybridized carbons (Fsp3) is 0.167. The molecule has 1 aromatic heterocycles. The van der Waals surface area contributed by atoms with Gasteiger partial charge >= 0.3 is 6.36 Å². The van der Waals surface area contributed by atoms with E-state index in [4.69, 9.17) is 16.7 Å². The molecule has 3 nitrogen and oxygen atoms in total. The van der Waals surface area contributed by atoms with Crippen LogP contribution in [0.1, 0.15) is 0 Å². The highest BCUT2D eigenvalue weighted by Crippen LogP contribution is 2.38. The average molecular weight is 339 g/mol. The minimum atomic E-state index is -4.86. The van der Waals surface area contributed by atoms with Gasteiger partial charge in [0.1, 0.15) is 8.72 Å². The van der Waals surface area contributed by atoms with Gasteiger partial charge < -0.3 is 9.84 Å². The summed E-state index contributed by atoms with van der Waals surface area (Å²) in [5.41, 5.74) is 0. The van der Waals surface area contributed by atoms with Gasteiger partial charge in [0.05, 0.1) is 6.20 Å². The predicted octanol–water partition coefficient (Wildman–Crippen LogP) is 2.94. The Hall–Kier alpha value is -0.440. The summed E-state index contributed by atoms with van der Waals surface area (Å²) in [6, 6.07) is 0. The van der Waals surface area contributed by atoms with E-state index in [9.17, 15) is 13.2 Å². The maximum Gasteiger partial charge on any atom is 0.573 e. The van der Waals surface area contributed by atoms with Gasteiger partial charge in [-0.15, -0.1) is 13.2 Å². The normalized spacial score (nSPS) is 11.5. The summed E-state index contributed by atoms with van der Waals surface area (Å²) in [6.07, 6.45) is -3.92. The molecule has 1 aromatic rings. The maximum absolute atomic E-state index is 11.8. The number of hydrogen-bond donors (Lipinski definition) is 1. The topological polar surface area (TPSA) is 42.4 Å². The third-order valence-electron chi connectivity index (χ3n) is 1.13. The molecule has 0 saturated heterocycles. The van der Waals surface area contributed by atoms with E-state index in [2.05, 4.69) is 9.72 Å². The van der Waals surface area contributed by atoms with E-state index in [0.717, 1.165) is 6.20 Å². The van der Waals surface area contributed by atoms with Crippen LogP contribution < -0.4 is 4.74 Å². The first-order valence-electron chi connectivity index (χ1n) is 3.10. The summed E-state index contributed by atoms with van der Waals surface area (Å²) in [7, 11) is 0. The van der Waals surface area contributed by atoms with Crippen molar-refractivity contribution < 1.29 is 23.0 Å². The first-order valence-corrected chi connectivity index (χ1v) is 4.55. The van der Waals surface area contributed by atoms with Crippen LogP contribution in [0.5, 0.6) is 11.5 Å². The molecule has 0 aromatic carbocycles. The molecule has 0 radical (unpaired) electrons. The highest BCUT2D eigenvalue weighted by atomic mass is 127. The van der Waals surface area contributed by atoms with E-state index in [1.54, 1.807) is 0 Å². The van der Waals surface area contributed by atoms with E-state index >= 15 is 0 Å². The number of hydrogen-bond acceptors (Lipinski definition) is 3. The fourth-order valence-corrected chi connectivity index (χ4v) is 1.50. The van der Waals surface area contributed by atoms with Crippen LogP contribution in [-0.2, 0) is 0 Å². The monoisotopic (exact) mass is 339 g/mol. The van der Waals surface area contributed by atoms with Crippen molar-refractivity contribution in [3.63, 3.8) is 0 Å². The second-order valence-electron chi connectivity index (χ2n) is 2.13. The third kappa shape index (κ3) is 2.77. The zero-order valence-electron chi connectivity index (χ0n) is 6.27. The number of rotatable bonds is 1. The summed E-state index contributed by atoms with van der Waals surface area (Å²) < 4.78 is 39.0. The van der Waals surface area contributed by atoms with E-state index in [-0.39, 0.29) is 3.70 Å². The average Bonchev–Trinajstić information content (AvgIpc) is 2.04. The van der Waals surface area contributed by atoms with Crippen LogP contribution in [0.2, 0.25) is 5.02 Å². The van der Waals surface area contributed by atoms with Crippen molar-refractivity contribution in [1.29, 1.82) is 0 Å². The Balaban J connectivity index is 3.13. The molecule has 0 unspecified atom stereocenters. The molecule has 8 heteroatoms. The van der Waals surface area contributed by atoms with Crippen molar-refractivity contribution in [3.05, 3.63) is 14.9 Å². The Morgan fingerprint density at radius 3 is 2.57 bits per heavy atom. The second kappa shape index (κ2) is 3.97. The predicted molar refractivity (Wildman–Crippen MR) is 50.3 cm³/mol. The number of ether oxygens (including phenoxy) is 1. The molecule has 0 bridgehead atoms. The Bertz CT molecular complexity index is 358. The van der Waals surface area contributed by atoms with Crippen LogP contribution >= 0.6 is 34.2 Å². The first-order chi connectivity index (χ1) is 6.31. The Kier molecular flexibility index (Phi) is 3.30. The molecule has 0 fully saturated rings. The zero-order valence-corrected chi connectivity index (χ0v) is 9.18. The van der Waals surface area contributed by atoms with Crippen LogP contribution in [0.15, 0.2) is 6.20 Å². The number of aromatic hydroxyl groups is 1. The van der Waals surface area contributed by atoms with Gasteiger partial charge in [0.25, 0.3) is 0 Å². The summed E-state index contributed by atoms with van der Waals surface area (Å²) >= 11 is 6.90. The molecule has 1 heterocycles. The standard InChI is InChI=1S/C6H2ClF3INO2/c7-3-2(13)1-12-5(11)4(3)14-6(8,9)10/h1,13H. The van der Waals surface area contributed by atoms with Gasteiger partial charge in [-0.05, 0) is 22.6 Å². The number of aromatic nitrogens is 1. The minimum Gasteiger partial charge on any atom is -0.505 e. The number of nitrogens with zero attached hydrogens (tertiary/aromatic N) is 1. The highest BCUT2D eigenvalue weighted by molar-refractivity contribution is 14.1. The van der Waals surface area contributed by atoms with Gasteiger partial charge in [-0.2, -0.15) is 0 Å². The molecule has 1 N–H and O–H groups in total. The molecule has 0 spiro atoms. The van der Waals surface area contributed by atoms with Gasteiger partial charge in [-0.25, -0.2) is 4.98 Å². The Labute approximate surface area is 95.0 Å². The lowest BCUT2D eigenvalue weighted by molar-refractivity contribution is -0.275. The van der Waals surface area contributed by atoms with Crippen LogP contribution in [0.4, 0.5) is 13.2 Å². The molecule has 0 aliphatic heterocycles. The highest BCUT2D eigenvalue weighted by Gasteiger charge is 2.34. The molecule has 14 heavy (non-hydrogen) atoms. The Morgan fingerprint density at radius 1 is 1.50 bits per heavy atom. The van der Waals surface area contributed by atoms with Crippen LogP contribution in [0, 0.1) is 3.70 Å². The van der Waals surface area contributed by atoms with Gasteiger partial charge in [-0.1, -0.05) is 11.6 Å². The summed E-state index contributed by atoms with van der Waals surface area (Å²) in [6.45, 7) is 0. The van der Waals surface area contributed by atoms with Crippen molar-refractivity contribution in [2.24, 2.45) is 0 Å². The maximum atomic E-state index is 11.8. The fourth-order valence-electron chi connectivity index (χ4n) is 0.643. The van der Waals surface area contributed by atoms with E-state index in [1.807, 2.05) is 0 Å². The first kappa shape index (κ1) is 11.6. The zero-order chi connectivity index (χ0) is 10.9. The van der Waals surface area contributed by atoms with E-state index in [1.165, 1.54) is 22.6 Å². The lowest BCUT2D eigenvalue weighted by Gasteiger charge is -2.11. The smallest absolute Gasteiger partial charge is 0.505 e. The van der Waals surface area contributed by atoms with Crippen LogP contribution in [0.3, 0.4) is 0 Å². The minimum absolute atomic E-state index is 0.0808. The van der Waals surface area contributed by atoms with Gasteiger partial charge in [0.2, 0.25) is 0 Å². The van der Waals surface area contributed by atoms with Crippen molar-refractivity contribution in [2.45, 2.75) is 6.36 Å². The van der Waals surface area contributed by atoms with Crippen molar-refractivity contribution >= 4 is 34.2 Å². The Morgan fingerprint density at radius 2 is 2.07 bits per heavy atom. The summed E-state index contributed by atoms with van der Waals surface area (Å²) in [4.78, 5) is 3.45. The molecule has 0 aliphatic rings. The lowest BCUT2D eigenvalue weighted by atomic mass is 10.4. The molecular weight excluding hydrogens is 337 g/mol. The van der Waals surface area contributed by atoms with E-state index < -0.39 is 22.9 Å². The van der Waals surface area contributed by atoms with Crippen molar-refractivity contribution in [2.75, 3.05) is 0 Å². The molecule has 0 aliphatic carbocycles. The molecular formula is C6H2ClF3INO2. The van der Waals surface area contributed by atoms with Crippen LogP contribution in [0.25, 0.3) is 0 Å². The van der Waals surface area contributed by atoms with E-state index in [0.29, 0.717) is 0 Å². The molecule has 1 rings (SSSR count). The van der Waals surface area contributed by atoms with Gasteiger partial charge in [0, 0.05) is 0 Å².